The summed E-state index contributed by atoms with van der Waals surface area (Å²) in [5.74, 6) is -0.225. The molecular weight excluding hydrogens is 348 g/mol. The van der Waals surface area contributed by atoms with Gasteiger partial charge in [0, 0.05) is 22.0 Å². The summed E-state index contributed by atoms with van der Waals surface area (Å²) in [5.41, 5.74) is 1.65. The van der Waals surface area contributed by atoms with Crippen molar-refractivity contribution in [3.8, 4) is 0 Å². The lowest BCUT2D eigenvalue weighted by Gasteiger charge is -2.00. The molecule has 0 atom stereocenters. The molecule has 23 heavy (non-hydrogen) atoms. The summed E-state index contributed by atoms with van der Waals surface area (Å²) < 4.78 is 3.06. The smallest absolute Gasteiger partial charge is 0.279 e. The molecule has 3 aromatic rings. The van der Waals surface area contributed by atoms with E-state index >= 15 is 0 Å². The van der Waals surface area contributed by atoms with Gasteiger partial charge in [-0.3, -0.25) is 4.79 Å². The Labute approximate surface area is 147 Å². The minimum Gasteiger partial charge on any atom is -0.317 e. The Bertz CT molecular complexity index is 926. The van der Waals surface area contributed by atoms with E-state index in [1.807, 2.05) is 60.2 Å². The van der Waals surface area contributed by atoms with Crippen molar-refractivity contribution in [1.29, 1.82) is 0 Å². The fraction of sp³-hybridized carbons (Fsp3) is 0.176. The van der Waals surface area contributed by atoms with Crippen LogP contribution in [0.4, 0.5) is 0 Å². The number of halogens is 1. The number of rotatable bonds is 3. The molecule has 0 saturated carbocycles. The Morgan fingerprint density at radius 1 is 1.26 bits per heavy atom. The number of hydrogen-bond donors (Lipinski definition) is 0. The van der Waals surface area contributed by atoms with Crippen LogP contribution in [-0.2, 0) is 6.54 Å². The van der Waals surface area contributed by atoms with E-state index in [1.54, 1.807) is 11.8 Å². The second-order valence-corrected chi connectivity index (χ2v) is 7.21. The van der Waals surface area contributed by atoms with Gasteiger partial charge in [-0.1, -0.05) is 22.9 Å². The minimum absolute atomic E-state index is 0.225. The van der Waals surface area contributed by atoms with Crippen LogP contribution < -0.4 is 4.80 Å². The van der Waals surface area contributed by atoms with Crippen molar-refractivity contribution in [1.82, 2.24) is 4.57 Å². The molecule has 3 rings (SSSR count). The third-order valence-corrected chi connectivity index (χ3v) is 5.52. The van der Waals surface area contributed by atoms with E-state index in [1.165, 1.54) is 11.3 Å². The molecule has 0 bridgehead atoms. The van der Waals surface area contributed by atoms with Gasteiger partial charge in [0.1, 0.15) is 0 Å². The molecule has 0 unspecified atom stereocenters. The zero-order valence-corrected chi connectivity index (χ0v) is 15.1. The van der Waals surface area contributed by atoms with Crippen LogP contribution in [0.5, 0.6) is 0 Å². The summed E-state index contributed by atoms with van der Waals surface area (Å²) in [5, 5.41) is 0.688. The number of aromatic nitrogens is 1. The third kappa shape index (κ3) is 3.37. The van der Waals surface area contributed by atoms with Gasteiger partial charge < -0.3 is 4.57 Å². The van der Waals surface area contributed by atoms with Crippen molar-refractivity contribution in [2.75, 3.05) is 6.26 Å². The summed E-state index contributed by atoms with van der Waals surface area (Å²) in [6.45, 7) is 2.79. The number of hydrogen-bond acceptors (Lipinski definition) is 3. The van der Waals surface area contributed by atoms with Crippen LogP contribution in [0, 0.1) is 0 Å². The fourth-order valence-corrected chi connectivity index (χ4v) is 4.10. The molecule has 0 aliphatic heterocycles. The lowest BCUT2D eigenvalue weighted by atomic mass is 10.2. The van der Waals surface area contributed by atoms with E-state index < -0.39 is 0 Å². The number of thioether (sulfide) groups is 1. The van der Waals surface area contributed by atoms with Crippen LogP contribution in [0.15, 0.2) is 52.4 Å². The minimum atomic E-state index is -0.225. The summed E-state index contributed by atoms with van der Waals surface area (Å²) in [4.78, 5) is 18.6. The normalized spacial score (nSPS) is 12.0. The number of amides is 1. The lowest BCUT2D eigenvalue weighted by Crippen LogP contribution is -2.15. The molecule has 0 N–H and O–H groups in total. The van der Waals surface area contributed by atoms with Crippen LogP contribution in [0.1, 0.15) is 17.3 Å². The van der Waals surface area contributed by atoms with Crippen molar-refractivity contribution in [2.24, 2.45) is 4.99 Å². The fourth-order valence-electron chi connectivity index (χ4n) is 2.32. The van der Waals surface area contributed by atoms with Crippen molar-refractivity contribution < 1.29 is 4.79 Å². The van der Waals surface area contributed by atoms with Crippen molar-refractivity contribution in [3.05, 3.63) is 57.9 Å². The highest BCUT2D eigenvalue weighted by molar-refractivity contribution is 7.98. The molecule has 1 amide bonds. The van der Waals surface area contributed by atoms with Gasteiger partial charge in [0.15, 0.2) is 4.80 Å². The summed E-state index contributed by atoms with van der Waals surface area (Å²) >= 11 is 9.18. The molecule has 118 valence electrons. The molecule has 2 aromatic carbocycles. The van der Waals surface area contributed by atoms with Crippen molar-refractivity contribution >= 4 is 50.8 Å². The maximum atomic E-state index is 12.4. The van der Waals surface area contributed by atoms with Crippen LogP contribution in [0.2, 0.25) is 5.02 Å². The molecule has 1 heterocycles. The number of fused-ring (bicyclic) bond motifs is 1. The van der Waals surface area contributed by atoms with Gasteiger partial charge in [-0.2, -0.15) is 4.99 Å². The second-order valence-electron chi connectivity index (χ2n) is 4.89. The monoisotopic (exact) mass is 362 g/mol. The highest BCUT2D eigenvalue weighted by atomic mass is 35.5. The Morgan fingerprint density at radius 2 is 2.00 bits per heavy atom. The maximum Gasteiger partial charge on any atom is 0.279 e. The zero-order valence-electron chi connectivity index (χ0n) is 12.7. The van der Waals surface area contributed by atoms with E-state index in [-0.39, 0.29) is 5.91 Å². The van der Waals surface area contributed by atoms with E-state index in [9.17, 15) is 4.79 Å². The molecule has 0 spiro atoms. The average Bonchev–Trinajstić information content (AvgIpc) is 2.90. The zero-order chi connectivity index (χ0) is 16.4. The first-order valence-electron chi connectivity index (χ1n) is 7.14. The first-order valence-corrected chi connectivity index (χ1v) is 9.56. The standard InChI is InChI=1S/C17H15ClN2OS2/c1-3-20-14-9-6-12(18)10-15(14)23-17(20)19-16(21)11-4-7-13(22-2)8-5-11/h4-10H,3H2,1-2H3. The highest BCUT2D eigenvalue weighted by Gasteiger charge is 2.09. The molecule has 0 fully saturated rings. The molecule has 1 aromatic heterocycles. The predicted molar refractivity (Wildman–Crippen MR) is 98.6 cm³/mol. The Morgan fingerprint density at radius 3 is 2.65 bits per heavy atom. The van der Waals surface area contributed by atoms with Gasteiger partial charge >= 0.3 is 0 Å². The van der Waals surface area contributed by atoms with E-state index in [0.717, 1.165) is 21.7 Å². The largest absolute Gasteiger partial charge is 0.317 e. The SMILES string of the molecule is CCn1c(=NC(=O)c2ccc(SC)cc2)sc2cc(Cl)ccc21. The lowest BCUT2D eigenvalue weighted by molar-refractivity contribution is 0.0998. The summed E-state index contributed by atoms with van der Waals surface area (Å²) in [6, 6.07) is 13.2. The van der Waals surface area contributed by atoms with Gasteiger partial charge in [-0.15, -0.1) is 11.8 Å². The first-order chi connectivity index (χ1) is 11.1. The molecule has 3 nitrogen and oxygen atoms in total. The van der Waals surface area contributed by atoms with Gasteiger partial charge in [-0.05, 0) is 55.6 Å². The number of aryl methyl sites for hydroxylation is 1. The average molecular weight is 363 g/mol. The summed E-state index contributed by atoms with van der Waals surface area (Å²) in [6.07, 6.45) is 2.01. The number of benzene rings is 2. The molecule has 6 heteroatoms. The summed E-state index contributed by atoms with van der Waals surface area (Å²) in [7, 11) is 0. The highest BCUT2D eigenvalue weighted by Crippen LogP contribution is 2.22. The Kier molecular flexibility index (Phi) is 4.90. The number of carbonyl (C=O) groups is 1. The number of thiazole rings is 1. The van der Waals surface area contributed by atoms with Crippen molar-refractivity contribution in [3.63, 3.8) is 0 Å². The van der Waals surface area contributed by atoms with Crippen LogP contribution >= 0.6 is 34.7 Å². The number of nitrogens with zero attached hydrogens (tertiary/aromatic N) is 2. The maximum absolute atomic E-state index is 12.4. The van der Waals surface area contributed by atoms with Crippen molar-refractivity contribution in [2.45, 2.75) is 18.4 Å². The molecule has 0 aliphatic rings. The van der Waals surface area contributed by atoms with E-state index in [4.69, 9.17) is 11.6 Å². The Hall–Kier alpha value is -1.56. The van der Waals surface area contributed by atoms with Gasteiger partial charge in [0.2, 0.25) is 0 Å². The van der Waals surface area contributed by atoms with Crippen LogP contribution in [0.3, 0.4) is 0 Å². The molecule has 0 radical (unpaired) electrons. The second kappa shape index (κ2) is 6.91. The van der Waals surface area contributed by atoms with E-state index in [2.05, 4.69) is 4.99 Å². The predicted octanol–water partition coefficient (Wildman–Crippen LogP) is 4.84. The van der Waals surface area contributed by atoms with E-state index in [0.29, 0.717) is 15.4 Å². The van der Waals surface area contributed by atoms with Gasteiger partial charge in [0.05, 0.1) is 10.2 Å². The van der Waals surface area contributed by atoms with Gasteiger partial charge in [0.25, 0.3) is 5.91 Å². The Balaban J connectivity index is 2.07. The third-order valence-electron chi connectivity index (χ3n) is 3.50. The van der Waals surface area contributed by atoms with Crippen LogP contribution in [0.25, 0.3) is 10.2 Å². The molecular formula is C17H15ClN2OS2. The quantitative estimate of drug-likeness (QED) is 0.625. The molecule has 0 saturated heterocycles. The molecule has 0 aliphatic carbocycles. The number of carbonyl (C=O) groups excluding carboxylic acids is 1. The van der Waals surface area contributed by atoms with Crippen LogP contribution in [-0.4, -0.2) is 16.7 Å². The van der Waals surface area contributed by atoms with Gasteiger partial charge in [-0.25, -0.2) is 0 Å². The topological polar surface area (TPSA) is 34.4 Å². The first kappa shape index (κ1) is 16.3.